The van der Waals surface area contributed by atoms with Crippen molar-refractivity contribution in [2.24, 2.45) is 0 Å². The smallest absolute Gasteiger partial charge is 0.288 e. The Hall–Kier alpha value is -3.14. The molecule has 10 heteroatoms. The molecule has 0 radical (unpaired) electrons. The van der Waals surface area contributed by atoms with Gasteiger partial charge in [0.1, 0.15) is 33.3 Å². The first-order valence-electron chi connectivity index (χ1n) is 10.3. The minimum absolute atomic E-state index is 0.0848. The van der Waals surface area contributed by atoms with Gasteiger partial charge in [0.05, 0.1) is 25.7 Å². The van der Waals surface area contributed by atoms with Gasteiger partial charge in [0.15, 0.2) is 5.43 Å². The number of rotatable bonds is 6. The lowest BCUT2D eigenvalue weighted by Gasteiger charge is -2.25. The molecule has 2 aromatic carbocycles. The molecular formula is C23H23ClN2O7. The molecule has 33 heavy (non-hydrogen) atoms. The Kier molecular flexibility index (Phi) is 6.29. The highest BCUT2D eigenvalue weighted by Gasteiger charge is 2.37. The number of hydrogen-bond donors (Lipinski definition) is 1. The van der Waals surface area contributed by atoms with E-state index in [4.69, 9.17) is 25.5 Å². The zero-order chi connectivity index (χ0) is 23.9. The third-order valence-electron chi connectivity index (χ3n) is 6.23. The second-order valence-electron chi connectivity index (χ2n) is 7.90. The van der Waals surface area contributed by atoms with Gasteiger partial charge in [0, 0.05) is 41.3 Å². The van der Waals surface area contributed by atoms with Crippen molar-refractivity contribution in [3.8, 4) is 22.8 Å². The quantitative estimate of drug-likeness (QED) is 0.423. The van der Waals surface area contributed by atoms with Gasteiger partial charge in [0.2, 0.25) is 0 Å². The maximum Gasteiger partial charge on any atom is 0.288 e. The molecule has 1 saturated heterocycles. The molecule has 1 fully saturated rings. The second-order valence-corrected chi connectivity index (χ2v) is 8.27. The molecule has 0 bridgehead atoms. The van der Waals surface area contributed by atoms with Gasteiger partial charge < -0.3 is 23.9 Å². The van der Waals surface area contributed by atoms with Crippen LogP contribution in [0.5, 0.6) is 11.5 Å². The Morgan fingerprint density at radius 2 is 2.00 bits per heavy atom. The fourth-order valence-corrected chi connectivity index (χ4v) is 4.86. The van der Waals surface area contributed by atoms with E-state index < -0.39 is 4.92 Å². The van der Waals surface area contributed by atoms with Crippen LogP contribution in [-0.4, -0.2) is 55.4 Å². The third-order valence-corrected chi connectivity index (χ3v) is 6.63. The lowest BCUT2D eigenvalue weighted by molar-refractivity contribution is -0.384. The van der Waals surface area contributed by atoms with E-state index in [9.17, 15) is 20.0 Å². The standard InChI is InChI=1S/C23H23ClN2O7/c1-25-8-7-12(15(25)11-27)20-18(31-2)10-19(32-3)21-16(28)9-17(33-23(20)21)13-5-4-6-14(22(13)24)26(29)30/h4-6,9-10,12,15,27H,7-8,11H2,1-3H3/t12-,15+/m1/s1. The van der Waals surface area contributed by atoms with Crippen LogP contribution >= 0.6 is 11.6 Å². The topological polar surface area (TPSA) is 115 Å². The Morgan fingerprint density at radius 3 is 2.64 bits per heavy atom. The zero-order valence-corrected chi connectivity index (χ0v) is 19.1. The molecule has 0 spiro atoms. The molecule has 4 rings (SSSR count). The van der Waals surface area contributed by atoms with Crippen LogP contribution in [0.2, 0.25) is 5.02 Å². The van der Waals surface area contributed by atoms with Gasteiger partial charge in [0.25, 0.3) is 5.69 Å². The third kappa shape index (κ3) is 3.82. The van der Waals surface area contributed by atoms with Crippen molar-refractivity contribution in [2.75, 3.05) is 34.4 Å². The number of nitro groups is 1. The number of hydrogen-bond acceptors (Lipinski definition) is 8. The van der Waals surface area contributed by atoms with E-state index in [1.54, 1.807) is 12.1 Å². The average Bonchev–Trinajstić information content (AvgIpc) is 3.17. The van der Waals surface area contributed by atoms with Crippen LogP contribution in [0.4, 0.5) is 5.69 Å². The number of nitrogens with zero attached hydrogens (tertiary/aromatic N) is 2. The number of fused-ring (bicyclic) bond motifs is 1. The Bertz CT molecular complexity index is 1290. The van der Waals surface area contributed by atoms with Crippen molar-refractivity contribution in [1.82, 2.24) is 4.90 Å². The number of halogens is 1. The fourth-order valence-electron chi connectivity index (χ4n) is 4.57. The predicted octanol–water partition coefficient (Wildman–Crippen LogP) is 3.82. The average molecular weight is 475 g/mol. The highest BCUT2D eigenvalue weighted by molar-refractivity contribution is 6.35. The number of aliphatic hydroxyl groups is 1. The summed E-state index contributed by atoms with van der Waals surface area (Å²) in [4.78, 5) is 26.0. The normalized spacial score (nSPS) is 18.6. The molecule has 2 atom stereocenters. The fraction of sp³-hybridized carbons (Fsp3) is 0.348. The van der Waals surface area contributed by atoms with Crippen molar-refractivity contribution in [2.45, 2.75) is 18.4 Å². The maximum atomic E-state index is 13.2. The molecular weight excluding hydrogens is 452 g/mol. The molecule has 0 aliphatic carbocycles. The van der Waals surface area contributed by atoms with Crippen LogP contribution in [0.1, 0.15) is 17.9 Å². The molecule has 0 unspecified atom stereocenters. The molecule has 1 N–H and O–H groups in total. The Labute approximate surface area is 194 Å². The van der Waals surface area contributed by atoms with E-state index in [0.717, 1.165) is 6.54 Å². The van der Waals surface area contributed by atoms with E-state index in [-0.39, 0.29) is 62.7 Å². The molecule has 1 aliphatic heterocycles. The van der Waals surface area contributed by atoms with Gasteiger partial charge >= 0.3 is 0 Å². The number of aliphatic hydroxyl groups excluding tert-OH is 1. The van der Waals surface area contributed by atoms with Crippen molar-refractivity contribution in [1.29, 1.82) is 0 Å². The van der Waals surface area contributed by atoms with Gasteiger partial charge in [-0.05, 0) is 26.1 Å². The summed E-state index contributed by atoms with van der Waals surface area (Å²) in [5.74, 6) is 0.651. The van der Waals surface area contributed by atoms with Gasteiger partial charge in [-0.3, -0.25) is 14.9 Å². The summed E-state index contributed by atoms with van der Waals surface area (Å²) in [5, 5.41) is 21.5. The molecule has 174 valence electrons. The van der Waals surface area contributed by atoms with Crippen LogP contribution in [-0.2, 0) is 0 Å². The number of likely N-dealkylation sites (tertiary alicyclic amines) is 1. The Morgan fingerprint density at radius 1 is 1.27 bits per heavy atom. The van der Waals surface area contributed by atoms with E-state index in [1.807, 2.05) is 11.9 Å². The lowest BCUT2D eigenvalue weighted by atomic mass is 9.89. The molecule has 2 heterocycles. The second kappa shape index (κ2) is 9.01. The first-order valence-corrected chi connectivity index (χ1v) is 10.7. The van der Waals surface area contributed by atoms with Crippen molar-refractivity contribution in [3.05, 3.63) is 61.3 Å². The molecule has 1 aromatic heterocycles. The molecule has 0 saturated carbocycles. The molecule has 9 nitrogen and oxygen atoms in total. The number of methoxy groups -OCH3 is 2. The van der Waals surface area contributed by atoms with Gasteiger partial charge in [-0.15, -0.1) is 0 Å². The Balaban J connectivity index is 2.06. The highest BCUT2D eigenvalue weighted by atomic mass is 35.5. The largest absolute Gasteiger partial charge is 0.496 e. The highest BCUT2D eigenvalue weighted by Crippen LogP contribution is 2.45. The number of likely N-dealkylation sites (N-methyl/N-ethyl adjacent to an activating group) is 1. The summed E-state index contributed by atoms with van der Waals surface area (Å²) in [5.41, 5.74) is 0.423. The minimum atomic E-state index is -0.595. The summed E-state index contributed by atoms with van der Waals surface area (Å²) >= 11 is 6.30. The first kappa shape index (κ1) is 23.0. The van der Waals surface area contributed by atoms with Crippen LogP contribution < -0.4 is 14.9 Å². The molecule has 0 amide bonds. The molecule has 1 aliphatic rings. The summed E-state index contributed by atoms with van der Waals surface area (Å²) in [6.07, 6.45) is 0.713. The number of ether oxygens (including phenoxy) is 2. The zero-order valence-electron chi connectivity index (χ0n) is 18.3. The van der Waals surface area contributed by atoms with Crippen LogP contribution in [0, 0.1) is 10.1 Å². The summed E-state index contributed by atoms with van der Waals surface area (Å²) < 4.78 is 17.3. The van der Waals surface area contributed by atoms with E-state index in [1.165, 1.54) is 32.4 Å². The van der Waals surface area contributed by atoms with E-state index in [0.29, 0.717) is 17.7 Å². The van der Waals surface area contributed by atoms with Crippen LogP contribution in [0.25, 0.3) is 22.3 Å². The van der Waals surface area contributed by atoms with Crippen LogP contribution in [0.15, 0.2) is 39.5 Å². The predicted molar refractivity (Wildman–Crippen MR) is 124 cm³/mol. The van der Waals surface area contributed by atoms with Gasteiger partial charge in [-0.25, -0.2) is 0 Å². The first-order chi connectivity index (χ1) is 15.8. The number of benzene rings is 2. The van der Waals surface area contributed by atoms with Gasteiger partial charge in [-0.2, -0.15) is 0 Å². The summed E-state index contributed by atoms with van der Waals surface area (Å²) in [6.45, 7) is 0.658. The number of nitro benzene ring substituents is 1. The van der Waals surface area contributed by atoms with Gasteiger partial charge in [-0.1, -0.05) is 17.7 Å². The monoisotopic (exact) mass is 474 g/mol. The van der Waals surface area contributed by atoms with Crippen molar-refractivity contribution >= 4 is 28.3 Å². The van der Waals surface area contributed by atoms with Crippen LogP contribution in [0.3, 0.4) is 0 Å². The summed E-state index contributed by atoms with van der Waals surface area (Å²) in [6, 6.07) is 6.99. The molecule has 3 aromatic rings. The minimum Gasteiger partial charge on any atom is -0.496 e. The lowest BCUT2D eigenvalue weighted by Crippen LogP contribution is -2.32. The van der Waals surface area contributed by atoms with Crippen molar-refractivity contribution in [3.63, 3.8) is 0 Å². The van der Waals surface area contributed by atoms with E-state index >= 15 is 0 Å². The van der Waals surface area contributed by atoms with E-state index in [2.05, 4.69) is 0 Å². The maximum absolute atomic E-state index is 13.2. The summed E-state index contributed by atoms with van der Waals surface area (Å²) in [7, 11) is 4.87. The van der Waals surface area contributed by atoms with Crippen molar-refractivity contribution < 1.29 is 23.9 Å². The SMILES string of the molecule is COc1cc(OC)c2c(=O)cc(-c3cccc([N+](=O)[O-])c3Cl)oc2c1[C@@H]1CCN(C)[C@H]1CO.